The summed E-state index contributed by atoms with van der Waals surface area (Å²) < 4.78 is 64.8. The number of imidazole rings is 1. The minimum atomic E-state index is -4.69. The summed E-state index contributed by atoms with van der Waals surface area (Å²) in [5, 5.41) is 12.1. The number of pyridine rings is 1. The van der Waals surface area contributed by atoms with E-state index in [0.717, 1.165) is 6.07 Å². The maximum Gasteiger partial charge on any atom is 0.419 e. The Balaban J connectivity index is 2.33. The number of alkyl halides is 3. The molecule has 0 aliphatic carbocycles. The molecule has 0 unspecified atom stereocenters. The third-order valence-corrected chi connectivity index (χ3v) is 5.80. The molecule has 3 aromatic rings. The van der Waals surface area contributed by atoms with Gasteiger partial charge in [-0.05, 0) is 18.2 Å². The Labute approximate surface area is 147 Å². The molecule has 2 aromatic heterocycles. The zero-order chi connectivity index (χ0) is 19.3. The first-order valence-corrected chi connectivity index (χ1v) is 9.20. The minimum absolute atomic E-state index is 0.00870. The number of benzene rings is 1. The highest BCUT2D eigenvalue weighted by Gasteiger charge is 2.34. The maximum absolute atomic E-state index is 12.9. The summed E-state index contributed by atoms with van der Waals surface area (Å²) in [6.07, 6.45) is -4.26. The lowest BCUT2D eigenvalue weighted by Crippen LogP contribution is -2.30. The van der Waals surface area contributed by atoms with Gasteiger partial charge in [0.1, 0.15) is 6.20 Å². The second-order valence-corrected chi connectivity index (χ2v) is 7.90. The standard InChI is InChI=1S/C16H14F3N3O3S/c1-3-26(24,25)13-7-5-4-6-11(13)14-20-12-8-10(16(17,18)19)9-22(23)15(12)21(14)2/h4-9H,3H2,1-2H3. The molecule has 26 heavy (non-hydrogen) atoms. The zero-order valence-corrected chi connectivity index (χ0v) is 14.6. The van der Waals surface area contributed by atoms with Crippen LogP contribution in [-0.2, 0) is 23.1 Å². The third kappa shape index (κ3) is 2.90. The highest BCUT2D eigenvalue weighted by atomic mass is 32.2. The first kappa shape index (κ1) is 18.2. The van der Waals surface area contributed by atoms with Gasteiger partial charge in [-0.15, -0.1) is 0 Å². The summed E-state index contributed by atoms with van der Waals surface area (Å²) in [5.74, 6) is -0.0511. The molecular formula is C16H14F3N3O3S. The predicted octanol–water partition coefficient (Wildman–Crippen LogP) is 2.69. The van der Waals surface area contributed by atoms with Gasteiger partial charge in [0.15, 0.2) is 15.4 Å². The van der Waals surface area contributed by atoms with E-state index in [1.165, 1.54) is 30.7 Å². The first-order chi connectivity index (χ1) is 12.1. The Morgan fingerprint density at radius 1 is 1.27 bits per heavy atom. The Hall–Kier alpha value is -2.62. The quantitative estimate of drug-likeness (QED) is 0.513. The average Bonchev–Trinajstić information content (AvgIpc) is 2.91. The summed E-state index contributed by atoms with van der Waals surface area (Å²) in [5.41, 5.74) is -1.17. The maximum atomic E-state index is 12.9. The van der Waals surface area contributed by atoms with E-state index in [2.05, 4.69) is 4.98 Å². The van der Waals surface area contributed by atoms with Crippen LogP contribution in [0.4, 0.5) is 13.2 Å². The largest absolute Gasteiger partial charge is 0.711 e. The van der Waals surface area contributed by atoms with Crippen LogP contribution in [0.25, 0.3) is 22.6 Å². The summed E-state index contributed by atoms with van der Waals surface area (Å²) in [6.45, 7) is 1.49. The summed E-state index contributed by atoms with van der Waals surface area (Å²) in [4.78, 5) is 4.11. The van der Waals surface area contributed by atoms with Crippen LogP contribution in [0, 0.1) is 5.21 Å². The molecule has 0 spiro atoms. The normalized spacial score (nSPS) is 12.7. The number of fused-ring (bicyclic) bond motifs is 1. The Morgan fingerprint density at radius 2 is 1.92 bits per heavy atom. The Kier molecular flexibility index (Phi) is 4.18. The fourth-order valence-electron chi connectivity index (χ4n) is 2.71. The zero-order valence-electron chi connectivity index (χ0n) is 13.8. The van der Waals surface area contributed by atoms with E-state index in [1.807, 2.05) is 0 Å². The van der Waals surface area contributed by atoms with Gasteiger partial charge in [-0.2, -0.15) is 13.2 Å². The van der Waals surface area contributed by atoms with Gasteiger partial charge in [0, 0.05) is 0 Å². The lowest BCUT2D eigenvalue weighted by molar-refractivity contribution is -0.581. The van der Waals surface area contributed by atoms with Gasteiger partial charge in [0.05, 0.1) is 28.8 Å². The van der Waals surface area contributed by atoms with Gasteiger partial charge in [0.25, 0.3) is 0 Å². The first-order valence-electron chi connectivity index (χ1n) is 7.55. The highest BCUT2D eigenvalue weighted by Crippen LogP contribution is 2.32. The molecule has 138 valence electrons. The summed E-state index contributed by atoms with van der Waals surface area (Å²) in [6, 6.07) is 6.81. The van der Waals surface area contributed by atoms with Crippen LogP contribution in [0.2, 0.25) is 0 Å². The fraction of sp³-hybridized carbons (Fsp3) is 0.250. The number of sulfone groups is 1. The second kappa shape index (κ2) is 5.97. The topological polar surface area (TPSA) is 78.9 Å². The minimum Gasteiger partial charge on any atom is -0.711 e. The number of aromatic nitrogens is 3. The molecule has 6 nitrogen and oxygen atoms in total. The van der Waals surface area contributed by atoms with Crippen molar-refractivity contribution in [1.29, 1.82) is 0 Å². The predicted molar refractivity (Wildman–Crippen MR) is 87.8 cm³/mol. The van der Waals surface area contributed by atoms with Crippen molar-refractivity contribution in [2.45, 2.75) is 18.0 Å². The van der Waals surface area contributed by atoms with Crippen molar-refractivity contribution in [2.75, 3.05) is 5.75 Å². The van der Waals surface area contributed by atoms with Crippen LogP contribution in [0.5, 0.6) is 0 Å². The van der Waals surface area contributed by atoms with Crippen LogP contribution >= 0.6 is 0 Å². The second-order valence-electron chi connectivity index (χ2n) is 5.66. The molecule has 0 radical (unpaired) electrons. The summed E-state index contributed by atoms with van der Waals surface area (Å²) in [7, 11) is -2.14. The summed E-state index contributed by atoms with van der Waals surface area (Å²) >= 11 is 0. The van der Waals surface area contributed by atoms with Crippen molar-refractivity contribution in [3.05, 3.63) is 47.3 Å². The van der Waals surface area contributed by atoms with Crippen LogP contribution < -0.4 is 4.73 Å². The number of rotatable bonds is 3. The molecule has 3 rings (SSSR count). The van der Waals surface area contributed by atoms with Crippen molar-refractivity contribution < 1.29 is 26.3 Å². The molecule has 0 saturated carbocycles. The van der Waals surface area contributed by atoms with E-state index >= 15 is 0 Å². The molecule has 0 saturated heterocycles. The fourth-order valence-corrected chi connectivity index (χ4v) is 3.81. The van der Waals surface area contributed by atoms with Gasteiger partial charge in [-0.25, -0.2) is 22.7 Å². The van der Waals surface area contributed by atoms with Crippen molar-refractivity contribution in [3.8, 4) is 11.4 Å². The number of hydrogen-bond donors (Lipinski definition) is 0. The van der Waals surface area contributed by atoms with Gasteiger partial charge in [0.2, 0.25) is 5.82 Å². The lowest BCUT2D eigenvalue weighted by atomic mass is 10.2. The van der Waals surface area contributed by atoms with Gasteiger partial charge in [-0.1, -0.05) is 19.1 Å². The number of nitrogens with zero attached hydrogens (tertiary/aromatic N) is 3. The molecule has 0 fully saturated rings. The van der Waals surface area contributed by atoms with Gasteiger partial charge >= 0.3 is 11.8 Å². The highest BCUT2D eigenvalue weighted by molar-refractivity contribution is 7.91. The van der Waals surface area contributed by atoms with Crippen LogP contribution in [0.15, 0.2) is 41.4 Å². The van der Waals surface area contributed by atoms with Crippen molar-refractivity contribution in [3.63, 3.8) is 0 Å². The van der Waals surface area contributed by atoms with E-state index < -0.39 is 21.6 Å². The van der Waals surface area contributed by atoms with Crippen LogP contribution in [0.1, 0.15) is 12.5 Å². The Bertz CT molecular complexity index is 1110. The monoisotopic (exact) mass is 385 g/mol. The van der Waals surface area contributed by atoms with Crippen LogP contribution in [0.3, 0.4) is 0 Å². The Morgan fingerprint density at radius 3 is 2.54 bits per heavy atom. The van der Waals surface area contributed by atoms with Gasteiger partial charge in [-0.3, -0.25) is 0 Å². The molecular weight excluding hydrogens is 371 g/mol. The number of halogens is 3. The SMILES string of the molecule is CCS(=O)(=O)c1ccccc1-c1nc2cc(C(F)(F)F)c[n+]([O-])c2n1C. The molecule has 0 aliphatic heterocycles. The van der Waals surface area contributed by atoms with Crippen molar-refractivity contribution in [1.82, 2.24) is 9.55 Å². The van der Waals surface area contributed by atoms with E-state index in [-0.39, 0.29) is 37.9 Å². The molecule has 2 heterocycles. The van der Waals surface area contributed by atoms with Crippen molar-refractivity contribution in [2.24, 2.45) is 7.05 Å². The molecule has 10 heteroatoms. The van der Waals surface area contributed by atoms with E-state index in [4.69, 9.17) is 0 Å². The van der Waals surface area contributed by atoms with E-state index in [9.17, 15) is 26.8 Å². The van der Waals surface area contributed by atoms with E-state index in [1.54, 1.807) is 12.1 Å². The molecule has 0 bridgehead atoms. The third-order valence-electron chi connectivity index (χ3n) is 4.02. The molecule has 0 N–H and O–H groups in total. The van der Waals surface area contributed by atoms with Gasteiger partial charge < -0.3 is 5.21 Å². The molecule has 0 atom stereocenters. The average molecular weight is 385 g/mol. The number of aryl methyl sites for hydroxylation is 1. The number of hydrogen-bond acceptors (Lipinski definition) is 4. The smallest absolute Gasteiger partial charge is 0.419 e. The molecule has 0 amide bonds. The van der Waals surface area contributed by atoms with Crippen molar-refractivity contribution >= 4 is 21.0 Å². The lowest BCUT2D eigenvalue weighted by Gasteiger charge is -2.09. The van der Waals surface area contributed by atoms with Crippen LogP contribution in [-0.4, -0.2) is 23.7 Å². The molecule has 1 aromatic carbocycles. The molecule has 0 aliphatic rings. The van der Waals surface area contributed by atoms with E-state index in [0.29, 0.717) is 6.20 Å².